The van der Waals surface area contributed by atoms with Gasteiger partial charge in [-0.2, -0.15) is 5.10 Å². The van der Waals surface area contributed by atoms with Crippen LogP contribution in [0.5, 0.6) is 17.2 Å². The van der Waals surface area contributed by atoms with Gasteiger partial charge in [0, 0.05) is 18.2 Å². The highest BCUT2D eigenvalue weighted by molar-refractivity contribution is 5.79. The SMILES string of the molecule is CCOc1ccc(-c2ccc(=O)n(C(C)C(=O)NCc3ccc4c(c3)OCO4)n2)cc1. The van der Waals surface area contributed by atoms with E-state index >= 15 is 0 Å². The maximum Gasteiger partial charge on any atom is 0.267 e. The van der Waals surface area contributed by atoms with E-state index in [-0.39, 0.29) is 18.3 Å². The number of ether oxygens (including phenoxy) is 3. The fourth-order valence-corrected chi connectivity index (χ4v) is 3.24. The van der Waals surface area contributed by atoms with Gasteiger partial charge in [0.2, 0.25) is 12.7 Å². The van der Waals surface area contributed by atoms with Gasteiger partial charge in [0.25, 0.3) is 5.56 Å². The molecule has 1 unspecified atom stereocenters. The molecule has 0 radical (unpaired) electrons. The molecule has 8 heteroatoms. The topological polar surface area (TPSA) is 91.7 Å². The average Bonchev–Trinajstić information content (AvgIpc) is 3.26. The Morgan fingerprint density at radius 2 is 1.90 bits per heavy atom. The van der Waals surface area contributed by atoms with Gasteiger partial charge in [-0.05, 0) is 61.9 Å². The molecular formula is C23H23N3O5. The zero-order valence-corrected chi connectivity index (χ0v) is 17.3. The number of amides is 1. The molecule has 0 aliphatic carbocycles. The van der Waals surface area contributed by atoms with Crippen molar-refractivity contribution in [2.24, 2.45) is 0 Å². The van der Waals surface area contributed by atoms with Gasteiger partial charge in [-0.25, -0.2) is 4.68 Å². The summed E-state index contributed by atoms with van der Waals surface area (Å²) in [6.07, 6.45) is 0. The van der Waals surface area contributed by atoms with Crippen molar-refractivity contribution >= 4 is 5.91 Å². The summed E-state index contributed by atoms with van der Waals surface area (Å²) < 4.78 is 17.3. The first kappa shape index (κ1) is 20.5. The van der Waals surface area contributed by atoms with E-state index in [4.69, 9.17) is 14.2 Å². The van der Waals surface area contributed by atoms with E-state index in [1.807, 2.05) is 43.3 Å². The van der Waals surface area contributed by atoms with Crippen LogP contribution in [0.25, 0.3) is 11.3 Å². The minimum atomic E-state index is -0.774. The molecule has 1 atom stereocenters. The summed E-state index contributed by atoms with van der Waals surface area (Å²) in [6, 6.07) is 15.2. The minimum Gasteiger partial charge on any atom is -0.494 e. The molecule has 1 aliphatic heterocycles. The molecule has 1 N–H and O–H groups in total. The van der Waals surface area contributed by atoms with Crippen LogP contribution in [0.4, 0.5) is 0 Å². The van der Waals surface area contributed by atoms with Crippen LogP contribution in [0.3, 0.4) is 0 Å². The van der Waals surface area contributed by atoms with E-state index in [2.05, 4.69) is 10.4 Å². The van der Waals surface area contributed by atoms with Gasteiger partial charge in [0.1, 0.15) is 11.8 Å². The molecule has 2 aromatic carbocycles. The van der Waals surface area contributed by atoms with Crippen molar-refractivity contribution in [2.75, 3.05) is 13.4 Å². The van der Waals surface area contributed by atoms with Gasteiger partial charge in [-0.15, -0.1) is 0 Å². The molecule has 1 amide bonds. The van der Waals surface area contributed by atoms with Crippen molar-refractivity contribution in [3.63, 3.8) is 0 Å². The van der Waals surface area contributed by atoms with Crippen molar-refractivity contribution in [3.8, 4) is 28.5 Å². The second-order valence-electron chi connectivity index (χ2n) is 7.04. The lowest BCUT2D eigenvalue weighted by Gasteiger charge is -2.15. The van der Waals surface area contributed by atoms with Crippen LogP contribution in [0, 0.1) is 0 Å². The smallest absolute Gasteiger partial charge is 0.267 e. The van der Waals surface area contributed by atoms with E-state index in [1.165, 1.54) is 10.7 Å². The highest BCUT2D eigenvalue weighted by Crippen LogP contribution is 2.32. The Morgan fingerprint density at radius 1 is 1.13 bits per heavy atom. The Hall–Kier alpha value is -3.81. The Bertz CT molecular complexity index is 1140. The van der Waals surface area contributed by atoms with Gasteiger partial charge in [-0.3, -0.25) is 9.59 Å². The lowest BCUT2D eigenvalue weighted by atomic mass is 10.1. The molecule has 1 aromatic heterocycles. The highest BCUT2D eigenvalue weighted by Gasteiger charge is 2.19. The summed E-state index contributed by atoms with van der Waals surface area (Å²) in [7, 11) is 0. The van der Waals surface area contributed by atoms with Gasteiger partial charge in [0.05, 0.1) is 12.3 Å². The molecule has 0 saturated carbocycles. The first-order valence-corrected chi connectivity index (χ1v) is 10.0. The van der Waals surface area contributed by atoms with Crippen LogP contribution in [-0.4, -0.2) is 29.1 Å². The molecule has 1 aliphatic rings. The van der Waals surface area contributed by atoms with Gasteiger partial charge in [-0.1, -0.05) is 6.07 Å². The van der Waals surface area contributed by atoms with Crippen LogP contribution in [0.1, 0.15) is 25.5 Å². The molecule has 160 valence electrons. The Morgan fingerprint density at radius 3 is 2.68 bits per heavy atom. The first-order valence-electron chi connectivity index (χ1n) is 10.0. The maximum atomic E-state index is 12.7. The molecule has 31 heavy (non-hydrogen) atoms. The molecule has 4 rings (SSSR count). The predicted molar refractivity (Wildman–Crippen MR) is 114 cm³/mol. The number of nitrogens with zero attached hydrogens (tertiary/aromatic N) is 2. The molecule has 0 spiro atoms. The number of nitrogens with one attached hydrogen (secondary N) is 1. The molecule has 0 saturated heterocycles. The van der Waals surface area contributed by atoms with Crippen molar-refractivity contribution in [2.45, 2.75) is 26.4 Å². The lowest BCUT2D eigenvalue weighted by Crippen LogP contribution is -2.36. The van der Waals surface area contributed by atoms with Crippen molar-refractivity contribution < 1.29 is 19.0 Å². The number of fused-ring (bicyclic) bond motifs is 1. The Kier molecular flexibility index (Phi) is 5.88. The molecule has 3 aromatic rings. The summed E-state index contributed by atoms with van der Waals surface area (Å²) in [5, 5.41) is 7.25. The average molecular weight is 421 g/mol. The Labute approximate surface area is 179 Å². The summed E-state index contributed by atoms with van der Waals surface area (Å²) in [5.74, 6) is 1.79. The number of benzene rings is 2. The van der Waals surface area contributed by atoms with Crippen molar-refractivity contribution in [1.82, 2.24) is 15.1 Å². The van der Waals surface area contributed by atoms with Crippen LogP contribution >= 0.6 is 0 Å². The van der Waals surface area contributed by atoms with Gasteiger partial charge >= 0.3 is 0 Å². The van der Waals surface area contributed by atoms with Crippen LogP contribution < -0.4 is 25.1 Å². The summed E-state index contributed by atoms with van der Waals surface area (Å²) in [4.78, 5) is 25.0. The quantitative estimate of drug-likeness (QED) is 0.631. The predicted octanol–water partition coefficient (Wildman–Crippen LogP) is 2.92. The minimum absolute atomic E-state index is 0.196. The number of carbonyl (C=O) groups is 1. The first-order chi connectivity index (χ1) is 15.0. The zero-order valence-electron chi connectivity index (χ0n) is 17.3. The summed E-state index contributed by atoms with van der Waals surface area (Å²) in [6.45, 7) is 4.64. The van der Waals surface area contributed by atoms with Crippen LogP contribution in [0.2, 0.25) is 0 Å². The molecule has 8 nitrogen and oxygen atoms in total. The summed E-state index contributed by atoms with van der Waals surface area (Å²) in [5.41, 5.74) is 1.94. The van der Waals surface area contributed by atoms with Gasteiger partial charge < -0.3 is 19.5 Å². The summed E-state index contributed by atoms with van der Waals surface area (Å²) >= 11 is 0. The zero-order chi connectivity index (χ0) is 21.8. The third-order valence-electron chi connectivity index (χ3n) is 4.94. The van der Waals surface area contributed by atoms with E-state index in [0.29, 0.717) is 30.3 Å². The lowest BCUT2D eigenvalue weighted by molar-refractivity contribution is -0.124. The fourth-order valence-electron chi connectivity index (χ4n) is 3.24. The number of aromatic nitrogens is 2. The van der Waals surface area contributed by atoms with E-state index in [1.54, 1.807) is 19.1 Å². The second kappa shape index (κ2) is 8.91. The van der Waals surface area contributed by atoms with E-state index in [0.717, 1.165) is 16.9 Å². The largest absolute Gasteiger partial charge is 0.494 e. The standard InChI is InChI=1S/C23H23N3O5/c1-3-29-18-7-5-17(6-8-18)19-9-11-22(27)26(25-19)15(2)23(28)24-13-16-4-10-20-21(12-16)31-14-30-20/h4-12,15H,3,13-14H2,1-2H3,(H,24,28). The molecule has 2 heterocycles. The van der Waals surface area contributed by atoms with Gasteiger partial charge in [0.15, 0.2) is 11.5 Å². The van der Waals surface area contributed by atoms with Crippen molar-refractivity contribution in [1.29, 1.82) is 0 Å². The monoisotopic (exact) mass is 421 g/mol. The fraction of sp³-hybridized carbons (Fsp3) is 0.261. The number of carbonyl (C=O) groups excluding carboxylic acids is 1. The third-order valence-corrected chi connectivity index (χ3v) is 4.94. The van der Waals surface area contributed by atoms with E-state index < -0.39 is 6.04 Å². The van der Waals surface area contributed by atoms with Crippen LogP contribution in [-0.2, 0) is 11.3 Å². The number of rotatable bonds is 7. The number of hydrogen-bond donors (Lipinski definition) is 1. The third kappa shape index (κ3) is 4.53. The molecular weight excluding hydrogens is 398 g/mol. The molecule has 0 bridgehead atoms. The normalized spacial score (nSPS) is 13.0. The molecule has 0 fully saturated rings. The Balaban J connectivity index is 1.47. The second-order valence-corrected chi connectivity index (χ2v) is 7.04. The van der Waals surface area contributed by atoms with Crippen LogP contribution in [0.15, 0.2) is 59.4 Å². The van der Waals surface area contributed by atoms with Crippen molar-refractivity contribution in [3.05, 3.63) is 70.5 Å². The highest BCUT2D eigenvalue weighted by atomic mass is 16.7. The number of hydrogen-bond acceptors (Lipinski definition) is 6. The maximum absolute atomic E-state index is 12.7. The van der Waals surface area contributed by atoms with E-state index in [9.17, 15) is 9.59 Å².